The second-order valence-electron chi connectivity index (χ2n) is 5.58. The van der Waals surface area contributed by atoms with Crippen molar-refractivity contribution >= 4 is 12.0 Å². The average molecular weight is 257 g/mol. The molecular weight excluding hydrogens is 234 g/mol. The molecule has 1 heterocycles. The molecule has 0 aromatic carbocycles. The molecule has 104 valence electrons. The lowest BCUT2D eigenvalue weighted by Crippen LogP contribution is -2.43. The molecule has 0 saturated carbocycles. The molecule has 1 atom stereocenters. The van der Waals surface area contributed by atoms with E-state index in [-0.39, 0.29) is 24.6 Å². The number of nitrogens with two attached hydrogens (primary N) is 1. The number of amides is 2. The fraction of sp³-hybridized carbons (Fsp3) is 0.833. The molecule has 1 saturated heterocycles. The Kier molecular flexibility index (Phi) is 4.56. The van der Waals surface area contributed by atoms with Gasteiger partial charge >= 0.3 is 6.09 Å². The largest absolute Gasteiger partial charge is 0.444 e. The number of likely N-dealkylation sites (N-methyl/N-ethyl adjacent to an activating group) is 1. The van der Waals surface area contributed by atoms with Gasteiger partial charge in [-0.1, -0.05) is 0 Å². The van der Waals surface area contributed by atoms with Crippen LogP contribution in [0.15, 0.2) is 0 Å². The summed E-state index contributed by atoms with van der Waals surface area (Å²) in [6.45, 7) is 6.63. The second-order valence-corrected chi connectivity index (χ2v) is 5.58. The molecule has 0 aromatic heterocycles. The van der Waals surface area contributed by atoms with E-state index in [0.29, 0.717) is 13.1 Å². The number of hydrogen-bond acceptors (Lipinski definition) is 4. The molecule has 1 unspecified atom stereocenters. The highest BCUT2D eigenvalue weighted by atomic mass is 16.6. The van der Waals surface area contributed by atoms with Gasteiger partial charge in [0, 0.05) is 20.1 Å². The molecule has 0 radical (unpaired) electrons. The summed E-state index contributed by atoms with van der Waals surface area (Å²) in [5, 5.41) is 0. The van der Waals surface area contributed by atoms with Gasteiger partial charge in [-0.3, -0.25) is 4.79 Å². The van der Waals surface area contributed by atoms with Crippen molar-refractivity contribution < 1.29 is 14.3 Å². The van der Waals surface area contributed by atoms with Crippen LogP contribution in [0.5, 0.6) is 0 Å². The Bertz CT molecular complexity index is 325. The number of nitrogens with zero attached hydrogens (tertiary/aromatic N) is 2. The van der Waals surface area contributed by atoms with Gasteiger partial charge in [0.15, 0.2) is 0 Å². The van der Waals surface area contributed by atoms with Crippen LogP contribution in [0, 0.1) is 0 Å². The van der Waals surface area contributed by atoms with Crippen LogP contribution < -0.4 is 5.73 Å². The van der Waals surface area contributed by atoms with Crippen LogP contribution in [-0.4, -0.2) is 60.1 Å². The summed E-state index contributed by atoms with van der Waals surface area (Å²) in [4.78, 5) is 26.6. The molecule has 1 fully saturated rings. The maximum atomic E-state index is 11.8. The highest BCUT2D eigenvalue weighted by Crippen LogP contribution is 2.18. The molecule has 6 nitrogen and oxygen atoms in total. The fourth-order valence-corrected chi connectivity index (χ4v) is 1.90. The van der Waals surface area contributed by atoms with Crippen LogP contribution in [-0.2, 0) is 9.53 Å². The van der Waals surface area contributed by atoms with E-state index >= 15 is 0 Å². The van der Waals surface area contributed by atoms with Crippen molar-refractivity contribution in [2.24, 2.45) is 5.73 Å². The standard InChI is InChI=1S/C12H23N3O3/c1-12(2,3)18-11(17)15-6-5-9(8-15)14(4)10(16)7-13/h9H,5-8,13H2,1-4H3. The minimum atomic E-state index is -0.492. The molecule has 18 heavy (non-hydrogen) atoms. The zero-order valence-electron chi connectivity index (χ0n) is 11.6. The van der Waals surface area contributed by atoms with E-state index in [0.717, 1.165) is 6.42 Å². The summed E-state index contributed by atoms with van der Waals surface area (Å²) in [6.07, 6.45) is 0.445. The van der Waals surface area contributed by atoms with E-state index in [2.05, 4.69) is 0 Å². The average Bonchev–Trinajstić information content (AvgIpc) is 2.73. The molecule has 6 heteroatoms. The maximum absolute atomic E-state index is 11.8. The Morgan fingerprint density at radius 1 is 1.44 bits per heavy atom. The molecule has 0 aliphatic carbocycles. The molecule has 0 bridgehead atoms. The van der Waals surface area contributed by atoms with Crippen molar-refractivity contribution in [3.63, 3.8) is 0 Å². The van der Waals surface area contributed by atoms with E-state index in [1.807, 2.05) is 20.8 Å². The number of carbonyl (C=O) groups excluding carboxylic acids is 2. The van der Waals surface area contributed by atoms with Crippen LogP contribution in [0.25, 0.3) is 0 Å². The normalized spacial score (nSPS) is 19.8. The van der Waals surface area contributed by atoms with Gasteiger partial charge in [0.05, 0.1) is 12.6 Å². The molecule has 0 spiro atoms. The quantitative estimate of drug-likeness (QED) is 0.777. The zero-order chi connectivity index (χ0) is 13.9. The highest BCUT2D eigenvalue weighted by Gasteiger charge is 2.32. The SMILES string of the molecule is CN(C(=O)CN)C1CCN(C(=O)OC(C)(C)C)C1. The third-order valence-electron chi connectivity index (χ3n) is 2.93. The van der Waals surface area contributed by atoms with Crippen LogP contribution in [0.2, 0.25) is 0 Å². The zero-order valence-corrected chi connectivity index (χ0v) is 11.6. The van der Waals surface area contributed by atoms with Crippen LogP contribution in [0.1, 0.15) is 27.2 Å². The van der Waals surface area contributed by atoms with Crippen molar-refractivity contribution in [2.45, 2.75) is 38.8 Å². The molecule has 1 aliphatic heterocycles. The predicted molar refractivity (Wildman–Crippen MR) is 68.0 cm³/mol. The van der Waals surface area contributed by atoms with E-state index < -0.39 is 5.60 Å². The van der Waals surface area contributed by atoms with E-state index in [9.17, 15) is 9.59 Å². The van der Waals surface area contributed by atoms with Gasteiger partial charge < -0.3 is 20.3 Å². The van der Waals surface area contributed by atoms with Crippen molar-refractivity contribution in [1.29, 1.82) is 0 Å². The number of ether oxygens (including phenoxy) is 1. The Morgan fingerprint density at radius 2 is 2.06 bits per heavy atom. The number of hydrogen-bond donors (Lipinski definition) is 1. The number of rotatable bonds is 2. The first kappa shape index (κ1) is 14.8. The third-order valence-corrected chi connectivity index (χ3v) is 2.93. The first-order chi connectivity index (χ1) is 8.24. The topological polar surface area (TPSA) is 75.9 Å². The predicted octanol–water partition coefficient (Wildman–Crippen LogP) is 0.413. The van der Waals surface area contributed by atoms with Crippen molar-refractivity contribution in [3.8, 4) is 0 Å². The van der Waals surface area contributed by atoms with Crippen LogP contribution in [0.3, 0.4) is 0 Å². The lowest BCUT2D eigenvalue weighted by molar-refractivity contribution is -0.130. The fourth-order valence-electron chi connectivity index (χ4n) is 1.90. The molecular formula is C12H23N3O3. The van der Waals surface area contributed by atoms with Gasteiger partial charge in [-0.2, -0.15) is 0 Å². The summed E-state index contributed by atoms with van der Waals surface area (Å²) >= 11 is 0. The summed E-state index contributed by atoms with van der Waals surface area (Å²) in [7, 11) is 1.72. The Balaban J connectivity index is 2.51. The first-order valence-electron chi connectivity index (χ1n) is 6.18. The molecule has 1 rings (SSSR count). The van der Waals surface area contributed by atoms with E-state index in [1.54, 1.807) is 16.8 Å². The van der Waals surface area contributed by atoms with E-state index in [4.69, 9.17) is 10.5 Å². The van der Waals surface area contributed by atoms with Crippen molar-refractivity contribution in [1.82, 2.24) is 9.80 Å². The van der Waals surface area contributed by atoms with Gasteiger partial charge in [-0.25, -0.2) is 4.79 Å². The molecule has 0 aromatic rings. The molecule has 2 N–H and O–H groups in total. The second kappa shape index (κ2) is 5.56. The minimum Gasteiger partial charge on any atom is -0.444 e. The lowest BCUT2D eigenvalue weighted by Gasteiger charge is -2.26. The minimum absolute atomic E-state index is 0.000558. The van der Waals surface area contributed by atoms with Gasteiger partial charge in [0.1, 0.15) is 5.60 Å². The number of likely N-dealkylation sites (tertiary alicyclic amines) is 1. The third kappa shape index (κ3) is 3.87. The monoisotopic (exact) mass is 257 g/mol. The van der Waals surface area contributed by atoms with Gasteiger partial charge in [-0.05, 0) is 27.2 Å². The van der Waals surface area contributed by atoms with Crippen LogP contribution in [0.4, 0.5) is 4.79 Å². The van der Waals surface area contributed by atoms with E-state index in [1.165, 1.54) is 0 Å². The Morgan fingerprint density at radius 3 is 2.56 bits per heavy atom. The summed E-state index contributed by atoms with van der Waals surface area (Å²) in [5.74, 6) is -0.106. The molecule has 2 amide bonds. The first-order valence-corrected chi connectivity index (χ1v) is 6.18. The lowest BCUT2D eigenvalue weighted by atomic mass is 10.2. The summed E-state index contributed by atoms with van der Waals surface area (Å²) in [5.41, 5.74) is 4.83. The van der Waals surface area contributed by atoms with Gasteiger partial charge in [-0.15, -0.1) is 0 Å². The van der Waals surface area contributed by atoms with Crippen molar-refractivity contribution in [3.05, 3.63) is 0 Å². The van der Waals surface area contributed by atoms with Gasteiger partial charge in [0.2, 0.25) is 5.91 Å². The molecule has 1 aliphatic rings. The Labute approximate surface area is 108 Å². The van der Waals surface area contributed by atoms with Gasteiger partial charge in [0.25, 0.3) is 0 Å². The Hall–Kier alpha value is -1.30. The maximum Gasteiger partial charge on any atom is 0.410 e. The summed E-state index contributed by atoms with van der Waals surface area (Å²) < 4.78 is 5.30. The number of carbonyl (C=O) groups is 2. The smallest absolute Gasteiger partial charge is 0.410 e. The van der Waals surface area contributed by atoms with Crippen LogP contribution >= 0.6 is 0 Å². The highest BCUT2D eigenvalue weighted by molar-refractivity contribution is 5.78. The van der Waals surface area contributed by atoms with Crippen molar-refractivity contribution in [2.75, 3.05) is 26.7 Å². The summed E-state index contributed by atoms with van der Waals surface area (Å²) in [6, 6.07) is 0.0357.